The highest BCUT2D eigenvalue weighted by Crippen LogP contribution is 2.34. The number of piperidine rings is 1. The van der Waals surface area contributed by atoms with Gasteiger partial charge in [-0.15, -0.1) is 0 Å². The van der Waals surface area contributed by atoms with Crippen molar-refractivity contribution in [3.8, 4) is 11.5 Å². The van der Waals surface area contributed by atoms with Crippen LogP contribution in [-0.4, -0.2) is 50.7 Å². The molecule has 2 amide bonds. The number of carbonyl (C=O) groups is 2. The first-order valence-corrected chi connectivity index (χ1v) is 10.2. The zero-order chi connectivity index (χ0) is 21.3. The Balaban J connectivity index is 1.52. The first kappa shape index (κ1) is 20.1. The average Bonchev–Trinajstić information content (AvgIpc) is 2.80. The Morgan fingerprint density at radius 2 is 1.97 bits per heavy atom. The number of amides is 2. The van der Waals surface area contributed by atoms with Gasteiger partial charge < -0.3 is 24.6 Å². The first-order valence-electron chi connectivity index (χ1n) is 10.2. The summed E-state index contributed by atoms with van der Waals surface area (Å²) in [5, 5.41) is 2.94. The molecule has 1 N–H and O–H groups in total. The molecule has 0 bridgehead atoms. The molecule has 2 aromatic carbocycles. The highest BCUT2D eigenvalue weighted by atomic mass is 16.5. The van der Waals surface area contributed by atoms with E-state index in [1.54, 1.807) is 32.4 Å². The van der Waals surface area contributed by atoms with E-state index < -0.39 is 0 Å². The predicted molar refractivity (Wildman–Crippen MR) is 114 cm³/mol. The van der Waals surface area contributed by atoms with Crippen molar-refractivity contribution in [1.29, 1.82) is 0 Å². The van der Waals surface area contributed by atoms with Gasteiger partial charge in [-0.05, 0) is 49.6 Å². The molecule has 0 saturated carbocycles. The second-order valence-corrected chi connectivity index (χ2v) is 7.68. The molecule has 0 radical (unpaired) electrons. The number of anilines is 1. The van der Waals surface area contributed by atoms with Gasteiger partial charge in [0.05, 0.1) is 25.5 Å². The van der Waals surface area contributed by atoms with Crippen molar-refractivity contribution in [3.05, 3.63) is 53.1 Å². The molecule has 1 fully saturated rings. The molecule has 2 aliphatic heterocycles. The molecule has 158 valence electrons. The molecule has 1 unspecified atom stereocenters. The highest BCUT2D eigenvalue weighted by molar-refractivity contribution is 6.04. The predicted octanol–water partition coefficient (Wildman–Crippen LogP) is 3.04. The monoisotopic (exact) mass is 409 g/mol. The summed E-state index contributed by atoms with van der Waals surface area (Å²) < 4.78 is 10.6. The van der Waals surface area contributed by atoms with E-state index in [1.807, 2.05) is 30.1 Å². The first-order chi connectivity index (χ1) is 14.5. The number of rotatable bonds is 5. The van der Waals surface area contributed by atoms with Gasteiger partial charge >= 0.3 is 0 Å². The number of methoxy groups -OCH3 is 2. The molecule has 30 heavy (non-hydrogen) atoms. The Kier molecular flexibility index (Phi) is 5.53. The van der Waals surface area contributed by atoms with Gasteiger partial charge in [0.2, 0.25) is 0 Å². The van der Waals surface area contributed by atoms with E-state index in [-0.39, 0.29) is 18.0 Å². The van der Waals surface area contributed by atoms with Crippen LogP contribution in [0.25, 0.3) is 0 Å². The smallest absolute Gasteiger partial charge is 0.257 e. The molecule has 0 aromatic heterocycles. The molecule has 2 aromatic rings. The molecular weight excluding hydrogens is 382 g/mol. The lowest BCUT2D eigenvalue weighted by Gasteiger charge is -2.46. The van der Waals surface area contributed by atoms with Gasteiger partial charge in [0.15, 0.2) is 0 Å². The van der Waals surface area contributed by atoms with Crippen LogP contribution in [0, 0.1) is 0 Å². The van der Waals surface area contributed by atoms with Crippen LogP contribution in [0.2, 0.25) is 0 Å². The van der Waals surface area contributed by atoms with E-state index in [9.17, 15) is 9.59 Å². The van der Waals surface area contributed by atoms with Crippen LogP contribution in [0.5, 0.6) is 11.5 Å². The zero-order valence-corrected chi connectivity index (χ0v) is 17.6. The quantitative estimate of drug-likeness (QED) is 0.822. The molecule has 7 heteroatoms. The van der Waals surface area contributed by atoms with Crippen molar-refractivity contribution < 1.29 is 19.1 Å². The molecule has 2 aliphatic rings. The van der Waals surface area contributed by atoms with Crippen LogP contribution in [-0.2, 0) is 6.54 Å². The zero-order valence-electron chi connectivity index (χ0n) is 17.6. The topological polar surface area (TPSA) is 71.1 Å². The maximum Gasteiger partial charge on any atom is 0.257 e. The molecule has 7 nitrogen and oxygen atoms in total. The summed E-state index contributed by atoms with van der Waals surface area (Å²) in [7, 11) is 5.18. The van der Waals surface area contributed by atoms with E-state index in [0.717, 1.165) is 37.1 Å². The van der Waals surface area contributed by atoms with Crippen LogP contribution >= 0.6 is 0 Å². The maximum absolute atomic E-state index is 12.9. The minimum atomic E-state index is -0.192. The summed E-state index contributed by atoms with van der Waals surface area (Å²) in [6, 6.07) is 10.8. The minimum Gasteiger partial charge on any atom is -0.497 e. The largest absolute Gasteiger partial charge is 0.497 e. The summed E-state index contributed by atoms with van der Waals surface area (Å²) >= 11 is 0. The SMILES string of the molecule is COc1ccc(CNC(=O)c2ccc3c(c2)N(C)C2CCCCN2C3=O)c(OC)c1. The summed E-state index contributed by atoms with van der Waals surface area (Å²) in [6.07, 6.45) is 3.18. The summed E-state index contributed by atoms with van der Waals surface area (Å²) in [5.41, 5.74) is 2.86. The third-order valence-electron chi connectivity index (χ3n) is 5.98. The molecular formula is C23H27N3O4. The molecule has 0 spiro atoms. The van der Waals surface area contributed by atoms with Gasteiger partial charge in [-0.3, -0.25) is 9.59 Å². The van der Waals surface area contributed by atoms with Gasteiger partial charge in [0.1, 0.15) is 17.7 Å². The lowest BCUT2D eigenvalue weighted by molar-refractivity contribution is 0.0589. The highest BCUT2D eigenvalue weighted by Gasteiger charge is 2.37. The Bertz CT molecular complexity index is 975. The molecule has 0 aliphatic carbocycles. The van der Waals surface area contributed by atoms with Gasteiger partial charge in [0.25, 0.3) is 11.8 Å². The molecule has 1 atom stereocenters. The Morgan fingerprint density at radius 1 is 1.13 bits per heavy atom. The van der Waals surface area contributed by atoms with Gasteiger partial charge in [-0.2, -0.15) is 0 Å². The number of carbonyl (C=O) groups excluding carboxylic acids is 2. The summed E-state index contributed by atoms with van der Waals surface area (Å²) in [5.74, 6) is 1.22. The number of ether oxygens (including phenoxy) is 2. The van der Waals surface area contributed by atoms with Crippen molar-refractivity contribution >= 4 is 17.5 Å². The lowest BCUT2D eigenvalue weighted by atomic mass is 9.97. The molecule has 2 heterocycles. The third kappa shape index (κ3) is 3.56. The molecule has 4 rings (SSSR count). The number of hydrogen-bond acceptors (Lipinski definition) is 5. The maximum atomic E-state index is 12.9. The van der Waals surface area contributed by atoms with E-state index in [4.69, 9.17) is 9.47 Å². The number of nitrogens with zero attached hydrogens (tertiary/aromatic N) is 2. The summed E-state index contributed by atoms with van der Waals surface area (Å²) in [4.78, 5) is 29.8. The number of hydrogen-bond donors (Lipinski definition) is 1. The van der Waals surface area contributed by atoms with Gasteiger partial charge in [0, 0.05) is 37.3 Å². The van der Waals surface area contributed by atoms with Crippen LogP contribution in [0.4, 0.5) is 5.69 Å². The second-order valence-electron chi connectivity index (χ2n) is 7.68. The standard InChI is InChI=1S/C23H27N3O4/c1-25-19-12-15(8-10-18(19)23(28)26-11-5-4-6-21(25)26)22(27)24-14-16-7-9-17(29-2)13-20(16)30-3/h7-10,12-13,21H,4-6,11,14H2,1-3H3,(H,24,27). The number of fused-ring (bicyclic) bond motifs is 2. The van der Waals surface area contributed by atoms with Crippen LogP contribution in [0.15, 0.2) is 36.4 Å². The van der Waals surface area contributed by atoms with E-state index in [1.165, 1.54) is 0 Å². The van der Waals surface area contributed by atoms with Crippen molar-refractivity contribution in [3.63, 3.8) is 0 Å². The third-order valence-corrected chi connectivity index (χ3v) is 5.98. The van der Waals surface area contributed by atoms with E-state index in [2.05, 4.69) is 10.2 Å². The number of benzene rings is 2. The fourth-order valence-electron chi connectivity index (χ4n) is 4.29. The molecule has 1 saturated heterocycles. The van der Waals surface area contributed by atoms with Gasteiger partial charge in [-0.1, -0.05) is 0 Å². The second kappa shape index (κ2) is 8.26. The number of nitrogens with one attached hydrogen (secondary N) is 1. The Labute approximate surface area is 176 Å². The van der Waals surface area contributed by atoms with Gasteiger partial charge in [-0.25, -0.2) is 0 Å². The average molecular weight is 409 g/mol. The van der Waals surface area contributed by atoms with Crippen molar-refractivity contribution in [2.24, 2.45) is 0 Å². The normalized spacial score (nSPS) is 17.8. The fourth-order valence-corrected chi connectivity index (χ4v) is 4.29. The minimum absolute atomic E-state index is 0.0581. The van der Waals surface area contributed by atoms with E-state index >= 15 is 0 Å². The fraction of sp³-hybridized carbons (Fsp3) is 0.391. The van der Waals surface area contributed by atoms with Crippen molar-refractivity contribution in [2.45, 2.75) is 32.0 Å². The van der Waals surface area contributed by atoms with Crippen molar-refractivity contribution in [2.75, 3.05) is 32.7 Å². The Morgan fingerprint density at radius 3 is 2.73 bits per heavy atom. The van der Waals surface area contributed by atoms with Crippen molar-refractivity contribution in [1.82, 2.24) is 10.2 Å². The van der Waals surface area contributed by atoms with Crippen LogP contribution in [0.3, 0.4) is 0 Å². The Hall–Kier alpha value is -3.22. The summed E-state index contributed by atoms with van der Waals surface area (Å²) in [6.45, 7) is 1.12. The lowest BCUT2D eigenvalue weighted by Crippen LogP contribution is -2.55. The van der Waals surface area contributed by atoms with Crippen LogP contribution < -0.4 is 19.7 Å². The van der Waals surface area contributed by atoms with Crippen LogP contribution in [0.1, 0.15) is 45.5 Å². The van der Waals surface area contributed by atoms with E-state index in [0.29, 0.717) is 29.2 Å².